The van der Waals surface area contributed by atoms with Crippen molar-refractivity contribution in [3.8, 4) is 0 Å². The molecule has 0 spiro atoms. The van der Waals surface area contributed by atoms with Gasteiger partial charge in [0.25, 0.3) is 5.91 Å². The minimum Gasteiger partial charge on any atom is -0.321 e. The number of anilines is 1. The summed E-state index contributed by atoms with van der Waals surface area (Å²) in [6, 6.07) is 6.24. The van der Waals surface area contributed by atoms with E-state index in [-0.39, 0.29) is 11.6 Å². The summed E-state index contributed by atoms with van der Waals surface area (Å²) in [4.78, 5) is 12.0. The van der Waals surface area contributed by atoms with Gasteiger partial charge in [0.1, 0.15) is 11.6 Å². The number of amides is 1. The van der Waals surface area contributed by atoms with Gasteiger partial charge in [0.15, 0.2) is 0 Å². The van der Waals surface area contributed by atoms with Crippen LogP contribution in [0.2, 0.25) is 0 Å². The number of hydrogen-bond donors (Lipinski definition) is 1. The molecule has 1 aromatic heterocycles. The average Bonchev–Trinajstić information content (AvgIpc) is 2.68. The van der Waals surface area contributed by atoms with Crippen LogP contribution in [0.1, 0.15) is 9.67 Å². The van der Waals surface area contributed by atoms with E-state index in [4.69, 9.17) is 0 Å². The van der Waals surface area contributed by atoms with Gasteiger partial charge in [-0.3, -0.25) is 4.79 Å². The summed E-state index contributed by atoms with van der Waals surface area (Å²) < 4.78 is 25.7. The second-order valence-electron chi connectivity index (χ2n) is 3.09. The lowest BCUT2D eigenvalue weighted by Crippen LogP contribution is -2.10. The number of thiophene rings is 1. The number of halogens is 2. The zero-order valence-corrected chi connectivity index (χ0v) is 8.85. The zero-order valence-electron chi connectivity index (χ0n) is 8.04. The van der Waals surface area contributed by atoms with Crippen LogP contribution < -0.4 is 5.32 Å². The molecule has 5 heteroatoms. The third-order valence-corrected chi connectivity index (χ3v) is 2.73. The van der Waals surface area contributed by atoms with Gasteiger partial charge in [0.2, 0.25) is 0 Å². The van der Waals surface area contributed by atoms with E-state index in [1.54, 1.807) is 17.5 Å². The maximum Gasteiger partial charge on any atom is 0.265 e. The van der Waals surface area contributed by atoms with Gasteiger partial charge >= 0.3 is 0 Å². The Labute approximate surface area is 94.5 Å². The molecule has 1 amide bonds. The minimum absolute atomic E-state index is 0.107. The summed E-state index contributed by atoms with van der Waals surface area (Å²) in [5.41, 5.74) is 0.107. The Morgan fingerprint density at radius 3 is 2.44 bits per heavy atom. The van der Waals surface area contributed by atoms with E-state index in [1.807, 2.05) is 0 Å². The molecule has 0 aliphatic carbocycles. The standard InChI is InChI=1S/C11H7F2NOS/c12-7-4-8(13)6-9(5-7)14-11(15)10-2-1-3-16-10/h1-6H,(H,14,15). The van der Waals surface area contributed by atoms with Gasteiger partial charge < -0.3 is 5.32 Å². The number of carbonyl (C=O) groups is 1. The molecule has 2 rings (SSSR count). The largest absolute Gasteiger partial charge is 0.321 e. The van der Waals surface area contributed by atoms with Crippen molar-refractivity contribution in [2.24, 2.45) is 0 Å². The Morgan fingerprint density at radius 2 is 1.88 bits per heavy atom. The first-order valence-corrected chi connectivity index (χ1v) is 5.34. The fourth-order valence-corrected chi connectivity index (χ4v) is 1.85. The van der Waals surface area contributed by atoms with Crippen molar-refractivity contribution >= 4 is 22.9 Å². The lowest BCUT2D eigenvalue weighted by atomic mass is 10.3. The maximum atomic E-state index is 12.8. The summed E-state index contributed by atoms with van der Waals surface area (Å²) in [6.07, 6.45) is 0. The number of benzene rings is 1. The first-order valence-electron chi connectivity index (χ1n) is 4.46. The van der Waals surface area contributed by atoms with Crippen LogP contribution in [0.15, 0.2) is 35.7 Å². The molecule has 1 aromatic carbocycles. The van der Waals surface area contributed by atoms with Crippen LogP contribution in [-0.4, -0.2) is 5.91 Å². The summed E-state index contributed by atoms with van der Waals surface area (Å²) in [7, 11) is 0. The second-order valence-corrected chi connectivity index (χ2v) is 4.04. The quantitative estimate of drug-likeness (QED) is 0.856. The van der Waals surface area contributed by atoms with Crippen molar-refractivity contribution in [2.45, 2.75) is 0 Å². The van der Waals surface area contributed by atoms with Crippen LogP contribution in [0, 0.1) is 11.6 Å². The summed E-state index contributed by atoms with van der Waals surface area (Å²) in [6.45, 7) is 0. The highest BCUT2D eigenvalue weighted by molar-refractivity contribution is 7.12. The predicted molar refractivity (Wildman–Crippen MR) is 58.6 cm³/mol. The highest BCUT2D eigenvalue weighted by Gasteiger charge is 2.08. The third-order valence-electron chi connectivity index (χ3n) is 1.87. The molecule has 0 unspecified atom stereocenters. The van der Waals surface area contributed by atoms with E-state index in [1.165, 1.54) is 11.3 Å². The highest BCUT2D eigenvalue weighted by atomic mass is 32.1. The van der Waals surface area contributed by atoms with E-state index in [9.17, 15) is 13.6 Å². The van der Waals surface area contributed by atoms with Gasteiger partial charge in [0, 0.05) is 11.8 Å². The molecular weight excluding hydrogens is 232 g/mol. The molecule has 2 aromatic rings. The van der Waals surface area contributed by atoms with Gasteiger partial charge in [0.05, 0.1) is 4.88 Å². The highest BCUT2D eigenvalue weighted by Crippen LogP contribution is 2.15. The zero-order chi connectivity index (χ0) is 11.5. The fraction of sp³-hybridized carbons (Fsp3) is 0. The van der Waals surface area contributed by atoms with Crippen molar-refractivity contribution in [1.29, 1.82) is 0 Å². The van der Waals surface area contributed by atoms with E-state index < -0.39 is 11.6 Å². The Bertz CT molecular complexity index is 490. The first kappa shape index (κ1) is 10.8. The number of carbonyl (C=O) groups excluding carboxylic acids is 1. The molecule has 1 heterocycles. The van der Waals surface area contributed by atoms with E-state index in [0.717, 1.165) is 18.2 Å². The predicted octanol–water partition coefficient (Wildman–Crippen LogP) is 3.28. The third kappa shape index (κ3) is 2.43. The SMILES string of the molecule is O=C(Nc1cc(F)cc(F)c1)c1cccs1. The Hall–Kier alpha value is -1.75. The topological polar surface area (TPSA) is 29.1 Å². The van der Waals surface area contributed by atoms with Crippen LogP contribution in [0.4, 0.5) is 14.5 Å². The smallest absolute Gasteiger partial charge is 0.265 e. The van der Waals surface area contributed by atoms with Crippen LogP contribution in [-0.2, 0) is 0 Å². The van der Waals surface area contributed by atoms with Crippen molar-refractivity contribution < 1.29 is 13.6 Å². The van der Waals surface area contributed by atoms with Crippen LogP contribution >= 0.6 is 11.3 Å². The van der Waals surface area contributed by atoms with Crippen LogP contribution in [0.5, 0.6) is 0 Å². The molecule has 0 atom stereocenters. The number of hydrogen-bond acceptors (Lipinski definition) is 2. The molecule has 16 heavy (non-hydrogen) atoms. The molecule has 0 aliphatic rings. The fourth-order valence-electron chi connectivity index (χ4n) is 1.23. The second kappa shape index (κ2) is 4.40. The molecule has 0 aliphatic heterocycles. The molecule has 1 N–H and O–H groups in total. The van der Waals surface area contributed by atoms with E-state index in [2.05, 4.69) is 5.32 Å². The summed E-state index contributed by atoms with van der Waals surface area (Å²) >= 11 is 1.26. The van der Waals surface area contributed by atoms with Crippen molar-refractivity contribution in [1.82, 2.24) is 0 Å². The molecule has 0 radical (unpaired) electrons. The average molecular weight is 239 g/mol. The van der Waals surface area contributed by atoms with Gasteiger partial charge in [-0.25, -0.2) is 8.78 Å². The lowest BCUT2D eigenvalue weighted by molar-refractivity contribution is 0.103. The normalized spacial score (nSPS) is 10.1. The maximum absolute atomic E-state index is 12.8. The molecule has 0 saturated carbocycles. The molecule has 0 saturated heterocycles. The van der Waals surface area contributed by atoms with Gasteiger partial charge in [-0.1, -0.05) is 6.07 Å². The Balaban J connectivity index is 2.18. The van der Waals surface area contributed by atoms with E-state index in [0.29, 0.717) is 4.88 Å². The van der Waals surface area contributed by atoms with Crippen molar-refractivity contribution in [2.75, 3.05) is 5.32 Å². The van der Waals surface area contributed by atoms with Crippen molar-refractivity contribution in [3.05, 3.63) is 52.2 Å². The molecular formula is C11H7F2NOS. The first-order chi connectivity index (χ1) is 7.65. The van der Waals surface area contributed by atoms with Crippen LogP contribution in [0.3, 0.4) is 0 Å². The Kier molecular flexibility index (Phi) is 2.96. The molecule has 82 valence electrons. The van der Waals surface area contributed by atoms with Gasteiger partial charge in [-0.15, -0.1) is 11.3 Å². The minimum atomic E-state index is -0.721. The number of rotatable bonds is 2. The molecule has 0 fully saturated rings. The Morgan fingerprint density at radius 1 is 1.19 bits per heavy atom. The van der Waals surface area contributed by atoms with E-state index >= 15 is 0 Å². The molecule has 0 bridgehead atoms. The molecule has 2 nitrogen and oxygen atoms in total. The van der Waals surface area contributed by atoms with Gasteiger partial charge in [-0.2, -0.15) is 0 Å². The van der Waals surface area contributed by atoms with Crippen LogP contribution in [0.25, 0.3) is 0 Å². The summed E-state index contributed by atoms with van der Waals surface area (Å²) in [5.74, 6) is -1.82. The van der Waals surface area contributed by atoms with Crippen molar-refractivity contribution in [3.63, 3.8) is 0 Å². The monoisotopic (exact) mass is 239 g/mol. The summed E-state index contributed by atoms with van der Waals surface area (Å²) in [5, 5.41) is 4.17. The lowest BCUT2D eigenvalue weighted by Gasteiger charge is -2.03. The number of nitrogens with one attached hydrogen (secondary N) is 1. The van der Waals surface area contributed by atoms with Gasteiger partial charge in [-0.05, 0) is 23.6 Å².